The second-order valence-corrected chi connectivity index (χ2v) is 9.46. The summed E-state index contributed by atoms with van der Waals surface area (Å²) in [5, 5.41) is 3.58. The molecule has 0 saturated heterocycles. The molecule has 0 aliphatic rings. The SMILES string of the molecule is CCOc1ccc(-c2c(C)sc3ncn(C(C)C(=O)Nc4c(C)cccc4CC)c(=O)c23)cc1. The average molecular weight is 476 g/mol. The highest BCUT2D eigenvalue weighted by atomic mass is 32.1. The van der Waals surface area contributed by atoms with Crippen LogP contribution in [0.2, 0.25) is 0 Å². The van der Waals surface area contributed by atoms with Gasteiger partial charge in [0, 0.05) is 16.1 Å². The summed E-state index contributed by atoms with van der Waals surface area (Å²) in [5.41, 5.74) is 4.43. The smallest absolute Gasteiger partial charge is 0.263 e. The molecule has 176 valence electrons. The van der Waals surface area contributed by atoms with Crippen molar-refractivity contribution >= 4 is 33.1 Å². The normalized spacial score (nSPS) is 12.0. The summed E-state index contributed by atoms with van der Waals surface area (Å²) in [7, 11) is 0. The van der Waals surface area contributed by atoms with E-state index in [-0.39, 0.29) is 11.5 Å². The molecular weight excluding hydrogens is 446 g/mol. The predicted molar refractivity (Wildman–Crippen MR) is 139 cm³/mol. The fraction of sp³-hybridized carbons (Fsp3) is 0.296. The van der Waals surface area contributed by atoms with Gasteiger partial charge in [0.25, 0.3) is 5.56 Å². The van der Waals surface area contributed by atoms with Crippen molar-refractivity contribution in [1.82, 2.24) is 9.55 Å². The van der Waals surface area contributed by atoms with Crippen LogP contribution in [0.4, 0.5) is 5.69 Å². The molecule has 0 aliphatic carbocycles. The van der Waals surface area contributed by atoms with E-state index in [1.807, 2.05) is 63.2 Å². The highest BCUT2D eigenvalue weighted by Crippen LogP contribution is 2.36. The van der Waals surface area contributed by atoms with Crippen LogP contribution in [-0.4, -0.2) is 22.1 Å². The predicted octanol–water partition coefficient (Wildman–Crippen LogP) is 5.90. The van der Waals surface area contributed by atoms with Crippen LogP contribution < -0.4 is 15.6 Å². The second-order valence-electron chi connectivity index (χ2n) is 8.26. The largest absolute Gasteiger partial charge is 0.494 e. The fourth-order valence-electron chi connectivity index (χ4n) is 4.18. The number of para-hydroxylation sites is 1. The summed E-state index contributed by atoms with van der Waals surface area (Å²) in [6.07, 6.45) is 2.28. The van der Waals surface area contributed by atoms with E-state index in [9.17, 15) is 9.59 Å². The van der Waals surface area contributed by atoms with Gasteiger partial charge in [-0.05, 0) is 62.9 Å². The van der Waals surface area contributed by atoms with Crippen molar-refractivity contribution in [3.05, 3.63) is 75.1 Å². The zero-order chi connectivity index (χ0) is 24.4. The Kier molecular flexibility index (Phi) is 6.84. The first-order valence-electron chi connectivity index (χ1n) is 11.5. The second kappa shape index (κ2) is 9.81. The number of aryl methyl sites for hydroxylation is 3. The van der Waals surface area contributed by atoms with E-state index < -0.39 is 6.04 Å². The van der Waals surface area contributed by atoms with E-state index in [1.54, 1.807) is 6.92 Å². The van der Waals surface area contributed by atoms with Crippen molar-refractivity contribution in [3.8, 4) is 16.9 Å². The van der Waals surface area contributed by atoms with Crippen molar-refractivity contribution in [3.63, 3.8) is 0 Å². The van der Waals surface area contributed by atoms with Crippen molar-refractivity contribution in [2.24, 2.45) is 0 Å². The molecule has 2 heterocycles. The average Bonchev–Trinajstić information content (AvgIpc) is 3.17. The number of carbonyl (C=O) groups excluding carboxylic acids is 1. The maximum absolute atomic E-state index is 13.6. The zero-order valence-electron chi connectivity index (χ0n) is 20.1. The molecule has 0 radical (unpaired) electrons. The fourth-order valence-corrected chi connectivity index (χ4v) is 5.18. The third-order valence-electron chi connectivity index (χ3n) is 6.05. The first-order valence-corrected chi connectivity index (χ1v) is 12.3. The van der Waals surface area contributed by atoms with Crippen LogP contribution in [-0.2, 0) is 11.2 Å². The Bertz CT molecular complexity index is 1400. The van der Waals surface area contributed by atoms with Crippen LogP contribution in [0, 0.1) is 13.8 Å². The number of carbonyl (C=O) groups is 1. The lowest BCUT2D eigenvalue weighted by atomic mass is 10.0. The molecule has 1 amide bonds. The number of hydrogen-bond acceptors (Lipinski definition) is 5. The lowest BCUT2D eigenvalue weighted by Gasteiger charge is -2.18. The topological polar surface area (TPSA) is 73.2 Å². The number of ether oxygens (including phenoxy) is 1. The Hall–Kier alpha value is -3.45. The summed E-state index contributed by atoms with van der Waals surface area (Å²) < 4.78 is 6.97. The van der Waals surface area contributed by atoms with Gasteiger partial charge < -0.3 is 10.1 Å². The van der Waals surface area contributed by atoms with Crippen LogP contribution in [0.25, 0.3) is 21.3 Å². The molecule has 4 rings (SSSR count). The maximum atomic E-state index is 13.6. The monoisotopic (exact) mass is 475 g/mol. The number of thiophene rings is 1. The van der Waals surface area contributed by atoms with Gasteiger partial charge in [0.2, 0.25) is 5.91 Å². The van der Waals surface area contributed by atoms with Crippen molar-refractivity contribution in [2.75, 3.05) is 11.9 Å². The van der Waals surface area contributed by atoms with Gasteiger partial charge in [-0.3, -0.25) is 14.2 Å². The summed E-state index contributed by atoms with van der Waals surface area (Å²) in [5.74, 6) is 0.536. The molecule has 2 aromatic carbocycles. The Balaban J connectivity index is 1.73. The van der Waals surface area contributed by atoms with Gasteiger partial charge in [0.1, 0.15) is 16.6 Å². The molecule has 0 bridgehead atoms. The minimum atomic E-state index is -0.720. The maximum Gasteiger partial charge on any atom is 0.263 e. The third-order valence-corrected chi connectivity index (χ3v) is 7.07. The first-order chi connectivity index (χ1) is 16.3. The van der Waals surface area contributed by atoms with Gasteiger partial charge >= 0.3 is 0 Å². The van der Waals surface area contributed by atoms with E-state index in [0.717, 1.165) is 45.0 Å². The standard InChI is InChI=1S/C27H29N3O3S/c1-6-19-10-8-9-16(3)24(19)29-25(31)17(4)30-15-28-26-23(27(30)32)22(18(5)34-26)20-11-13-21(14-12-20)33-7-2/h8-15,17H,6-7H2,1-5H3,(H,29,31). The molecule has 0 spiro atoms. The molecule has 4 aromatic rings. The van der Waals surface area contributed by atoms with Crippen molar-refractivity contribution in [1.29, 1.82) is 0 Å². The summed E-state index contributed by atoms with van der Waals surface area (Å²) in [6.45, 7) is 10.3. The molecule has 6 nitrogen and oxygen atoms in total. The molecule has 2 aromatic heterocycles. The van der Waals surface area contributed by atoms with Gasteiger partial charge in [0.15, 0.2) is 0 Å². The van der Waals surface area contributed by atoms with Crippen LogP contribution in [0.5, 0.6) is 5.75 Å². The number of anilines is 1. The number of nitrogens with one attached hydrogen (secondary N) is 1. The van der Waals surface area contributed by atoms with Crippen LogP contribution in [0.15, 0.2) is 53.6 Å². The quantitative estimate of drug-likeness (QED) is 0.361. The van der Waals surface area contributed by atoms with Gasteiger partial charge in [-0.2, -0.15) is 0 Å². The van der Waals surface area contributed by atoms with Crippen molar-refractivity contribution < 1.29 is 9.53 Å². The molecule has 0 saturated carbocycles. The van der Waals surface area contributed by atoms with Crippen LogP contribution in [0.3, 0.4) is 0 Å². The first kappa shape index (κ1) is 23.7. The molecule has 1 atom stereocenters. The Morgan fingerprint density at radius 3 is 2.56 bits per heavy atom. The molecule has 0 fully saturated rings. The number of aromatic nitrogens is 2. The number of rotatable bonds is 7. The van der Waals surface area contributed by atoms with Crippen LogP contribution >= 0.6 is 11.3 Å². The summed E-state index contributed by atoms with van der Waals surface area (Å²) >= 11 is 1.48. The number of benzene rings is 2. The van der Waals surface area contributed by atoms with Gasteiger partial charge in [0.05, 0.1) is 18.3 Å². The lowest BCUT2D eigenvalue weighted by Crippen LogP contribution is -2.32. The minimum Gasteiger partial charge on any atom is -0.494 e. The summed E-state index contributed by atoms with van der Waals surface area (Å²) in [6, 6.07) is 13.0. The van der Waals surface area contributed by atoms with E-state index >= 15 is 0 Å². The molecule has 1 N–H and O–H groups in total. The van der Waals surface area contributed by atoms with Crippen molar-refractivity contribution in [2.45, 2.75) is 47.1 Å². The highest BCUT2D eigenvalue weighted by molar-refractivity contribution is 7.19. The third kappa shape index (κ3) is 4.35. The van der Waals surface area contributed by atoms with Gasteiger partial charge in [-0.1, -0.05) is 37.3 Å². The highest BCUT2D eigenvalue weighted by Gasteiger charge is 2.22. The van der Waals surface area contributed by atoms with Gasteiger partial charge in [-0.25, -0.2) is 4.98 Å². The Morgan fingerprint density at radius 1 is 1.15 bits per heavy atom. The molecule has 7 heteroatoms. The molecule has 0 aliphatic heterocycles. The molecular formula is C27H29N3O3S. The van der Waals surface area contributed by atoms with E-state index in [2.05, 4.69) is 17.2 Å². The number of amides is 1. The minimum absolute atomic E-state index is 0.221. The number of nitrogens with zero attached hydrogens (tertiary/aromatic N) is 2. The lowest BCUT2D eigenvalue weighted by molar-refractivity contribution is -0.118. The number of hydrogen-bond donors (Lipinski definition) is 1. The Labute approximate surface area is 203 Å². The van der Waals surface area contributed by atoms with E-state index in [4.69, 9.17) is 4.74 Å². The van der Waals surface area contributed by atoms with E-state index in [0.29, 0.717) is 16.8 Å². The molecule has 1 unspecified atom stereocenters. The number of fused-ring (bicyclic) bond motifs is 1. The molecule has 34 heavy (non-hydrogen) atoms. The van der Waals surface area contributed by atoms with Crippen LogP contribution in [0.1, 0.15) is 42.8 Å². The van der Waals surface area contributed by atoms with E-state index in [1.165, 1.54) is 22.2 Å². The Morgan fingerprint density at radius 2 is 1.88 bits per heavy atom. The van der Waals surface area contributed by atoms with Gasteiger partial charge in [-0.15, -0.1) is 11.3 Å². The summed E-state index contributed by atoms with van der Waals surface area (Å²) in [4.78, 5) is 33.0. The zero-order valence-corrected chi connectivity index (χ0v) is 21.0.